The van der Waals surface area contributed by atoms with E-state index in [1.165, 1.54) is 32.0 Å². The molecule has 4 aliphatic heterocycles. The highest BCUT2D eigenvalue weighted by Crippen LogP contribution is 2.41. The van der Waals surface area contributed by atoms with E-state index in [1.54, 1.807) is 6.07 Å². The lowest BCUT2D eigenvalue weighted by Gasteiger charge is -2.44. The van der Waals surface area contributed by atoms with E-state index in [-0.39, 0.29) is 24.8 Å². The number of hydrogen-bond donors (Lipinski definition) is 2. The van der Waals surface area contributed by atoms with Gasteiger partial charge in [-0.05, 0) is 124 Å². The van der Waals surface area contributed by atoms with Crippen LogP contribution in [0, 0.1) is 11.8 Å². The zero-order chi connectivity index (χ0) is 40.9. The van der Waals surface area contributed by atoms with Crippen molar-refractivity contribution in [1.29, 1.82) is 0 Å². The third kappa shape index (κ3) is 7.06. The number of amides is 4. The summed E-state index contributed by atoms with van der Waals surface area (Å²) in [4.78, 5) is 65.8. The van der Waals surface area contributed by atoms with Crippen molar-refractivity contribution in [3.8, 4) is 22.8 Å². The van der Waals surface area contributed by atoms with Gasteiger partial charge in [-0.1, -0.05) is 18.2 Å². The fourth-order valence-electron chi connectivity index (χ4n) is 10.5. The van der Waals surface area contributed by atoms with Gasteiger partial charge in [-0.15, -0.1) is 0 Å². The molecule has 4 fully saturated rings. The van der Waals surface area contributed by atoms with Gasteiger partial charge in [0.25, 0.3) is 11.8 Å². The Balaban J connectivity index is 0.723. The van der Waals surface area contributed by atoms with Crippen LogP contribution < -0.4 is 20.7 Å². The van der Waals surface area contributed by atoms with Gasteiger partial charge in [0.1, 0.15) is 35.4 Å². The van der Waals surface area contributed by atoms with Crippen molar-refractivity contribution in [3.05, 3.63) is 90.3 Å². The number of imide groups is 2. The summed E-state index contributed by atoms with van der Waals surface area (Å²) >= 11 is 0. The van der Waals surface area contributed by atoms with Gasteiger partial charge in [0.15, 0.2) is 5.65 Å². The summed E-state index contributed by atoms with van der Waals surface area (Å²) in [5.41, 5.74) is 10.6. The maximum absolute atomic E-state index is 13.4. The summed E-state index contributed by atoms with van der Waals surface area (Å²) in [5, 5.41) is 8.20. The molecule has 0 spiro atoms. The summed E-state index contributed by atoms with van der Waals surface area (Å²) in [6.07, 6.45) is 10.9. The second-order valence-electron chi connectivity index (χ2n) is 17.0. The van der Waals surface area contributed by atoms with Crippen LogP contribution in [0.4, 0.5) is 11.5 Å². The first kappa shape index (κ1) is 38.1. The van der Waals surface area contributed by atoms with Gasteiger partial charge in [-0.25, -0.2) is 14.6 Å². The van der Waals surface area contributed by atoms with Crippen LogP contribution in [-0.2, 0) is 9.59 Å². The zero-order valence-electron chi connectivity index (χ0n) is 33.5. The molecule has 0 radical (unpaired) electrons. The molecular formula is C46H49N9O5. The van der Waals surface area contributed by atoms with E-state index < -0.39 is 23.8 Å². The number of likely N-dealkylation sites (tertiary alicyclic amines) is 1. The number of nitrogens with two attached hydrogens (primary N) is 1. The molecule has 1 aliphatic carbocycles. The molecule has 1 atom stereocenters. The van der Waals surface area contributed by atoms with Crippen molar-refractivity contribution in [2.75, 3.05) is 36.8 Å². The van der Waals surface area contributed by atoms with Crippen LogP contribution >= 0.6 is 0 Å². The van der Waals surface area contributed by atoms with Gasteiger partial charge in [-0.3, -0.25) is 29.4 Å². The fourth-order valence-corrected chi connectivity index (χ4v) is 10.5. The molecular weight excluding hydrogens is 759 g/mol. The number of aromatic nitrogens is 4. The first-order valence-corrected chi connectivity index (χ1v) is 21.5. The molecule has 14 nitrogen and oxygen atoms in total. The average molecular weight is 808 g/mol. The Morgan fingerprint density at radius 1 is 0.683 bits per heavy atom. The normalized spacial score (nSPS) is 23.3. The number of benzene rings is 3. The second-order valence-corrected chi connectivity index (χ2v) is 17.0. The number of nitrogen functional groups attached to an aromatic ring is 1. The largest absolute Gasteiger partial charge is 0.457 e. The second kappa shape index (κ2) is 15.8. The Bertz CT molecular complexity index is 2450. The first-order valence-electron chi connectivity index (χ1n) is 21.5. The summed E-state index contributed by atoms with van der Waals surface area (Å²) in [7, 11) is 0. The molecule has 3 N–H and O–H groups in total. The molecule has 6 heterocycles. The third-order valence-corrected chi connectivity index (χ3v) is 13.7. The molecule has 10 rings (SSSR count). The third-order valence-electron chi connectivity index (χ3n) is 13.7. The molecule has 14 heteroatoms. The van der Waals surface area contributed by atoms with Crippen LogP contribution in [0.2, 0.25) is 0 Å². The van der Waals surface area contributed by atoms with Gasteiger partial charge in [-0.2, -0.15) is 5.10 Å². The Hall–Kier alpha value is -6.15. The smallest absolute Gasteiger partial charge is 0.262 e. The number of fused-ring (bicyclic) bond motifs is 2. The maximum atomic E-state index is 13.4. The van der Waals surface area contributed by atoms with Crippen molar-refractivity contribution in [3.63, 3.8) is 0 Å². The van der Waals surface area contributed by atoms with Crippen LogP contribution in [-0.4, -0.2) is 91.4 Å². The molecule has 2 aromatic heterocycles. The summed E-state index contributed by atoms with van der Waals surface area (Å²) in [6.45, 7) is 3.87. The number of anilines is 2. The van der Waals surface area contributed by atoms with E-state index in [0.29, 0.717) is 28.9 Å². The van der Waals surface area contributed by atoms with Gasteiger partial charge >= 0.3 is 0 Å². The molecule has 1 saturated carbocycles. The van der Waals surface area contributed by atoms with Crippen LogP contribution in [0.15, 0.2) is 79.1 Å². The lowest BCUT2D eigenvalue weighted by Crippen LogP contribution is -2.54. The van der Waals surface area contributed by atoms with E-state index >= 15 is 0 Å². The predicted molar refractivity (Wildman–Crippen MR) is 225 cm³/mol. The number of rotatable bonds is 8. The molecule has 60 heavy (non-hydrogen) atoms. The van der Waals surface area contributed by atoms with Crippen molar-refractivity contribution in [2.24, 2.45) is 11.8 Å². The standard InChI is InChI=1S/C46H49N9O5/c47-42-40-41(30-8-13-35(14-9-30)60-34-4-2-1-3-5-34)51-55(43(40)49-27-48-42)32-20-24-52(25-21-32)31-10-6-28(7-11-31)29-18-22-53(23-19-29)33-12-15-36-37(26-33)46(59)54(45(36)58)38-16-17-39(56)50-44(38)57/h1-5,8-9,12-15,26-29,31-32,38H,6-7,10-11,16-25H2,(H2,47,48,49)(H,50,56,57). The predicted octanol–water partition coefficient (Wildman–Crippen LogP) is 6.38. The Morgan fingerprint density at radius 2 is 1.38 bits per heavy atom. The average Bonchev–Trinajstić information content (AvgIpc) is 3.79. The molecule has 5 aliphatic rings. The van der Waals surface area contributed by atoms with Crippen molar-refractivity contribution in [2.45, 2.75) is 82.3 Å². The molecule has 1 unspecified atom stereocenters. The highest BCUT2D eigenvalue weighted by atomic mass is 16.5. The number of piperidine rings is 3. The number of ether oxygens (including phenoxy) is 1. The summed E-state index contributed by atoms with van der Waals surface area (Å²) in [6, 6.07) is 23.0. The van der Waals surface area contributed by atoms with Crippen LogP contribution in [0.25, 0.3) is 22.3 Å². The molecule has 4 amide bonds. The minimum atomic E-state index is -0.958. The SMILES string of the molecule is Nc1ncnc2c1c(-c1ccc(Oc3ccccc3)cc1)nn2C1CCN(C2CCC(C3CCN(c4ccc5c(c4)C(=O)N(C4CCC(=O)NC4=O)C5=O)CC3)CC2)CC1. The van der Waals surface area contributed by atoms with Crippen molar-refractivity contribution < 1.29 is 23.9 Å². The highest BCUT2D eigenvalue weighted by molar-refractivity contribution is 6.23. The van der Waals surface area contributed by atoms with Gasteiger partial charge in [0.2, 0.25) is 11.8 Å². The number of carbonyl (C=O) groups is 4. The summed E-state index contributed by atoms with van der Waals surface area (Å²) < 4.78 is 8.11. The minimum Gasteiger partial charge on any atom is -0.457 e. The van der Waals surface area contributed by atoms with E-state index in [4.69, 9.17) is 15.6 Å². The Kier molecular flexibility index (Phi) is 10.0. The quantitative estimate of drug-likeness (QED) is 0.167. The molecule has 0 bridgehead atoms. The van der Waals surface area contributed by atoms with Crippen molar-refractivity contribution in [1.82, 2.24) is 34.9 Å². The lowest BCUT2D eigenvalue weighted by atomic mass is 9.74. The molecule has 308 valence electrons. The maximum Gasteiger partial charge on any atom is 0.262 e. The number of carbonyl (C=O) groups excluding carboxylic acids is 4. The minimum absolute atomic E-state index is 0.105. The molecule has 3 saturated heterocycles. The lowest BCUT2D eigenvalue weighted by molar-refractivity contribution is -0.136. The van der Waals surface area contributed by atoms with Gasteiger partial charge < -0.3 is 20.3 Å². The number of para-hydroxylation sites is 1. The Morgan fingerprint density at radius 3 is 2.12 bits per heavy atom. The first-order chi connectivity index (χ1) is 29.3. The Labute approximate surface area is 348 Å². The summed E-state index contributed by atoms with van der Waals surface area (Å²) in [5.74, 6) is 1.47. The van der Waals surface area contributed by atoms with E-state index in [0.717, 1.165) is 102 Å². The number of nitrogens with one attached hydrogen (secondary N) is 1. The topological polar surface area (TPSA) is 169 Å². The molecule has 3 aromatic carbocycles. The van der Waals surface area contributed by atoms with Gasteiger partial charge in [0, 0.05) is 49.9 Å². The number of hydrogen-bond acceptors (Lipinski definition) is 11. The van der Waals surface area contributed by atoms with Crippen LogP contribution in [0.5, 0.6) is 11.5 Å². The fraction of sp³-hybridized carbons (Fsp3) is 0.413. The van der Waals surface area contributed by atoms with E-state index in [1.807, 2.05) is 66.7 Å². The van der Waals surface area contributed by atoms with Gasteiger partial charge in [0.05, 0.1) is 22.6 Å². The van der Waals surface area contributed by atoms with Crippen molar-refractivity contribution >= 4 is 46.2 Å². The van der Waals surface area contributed by atoms with Crippen LogP contribution in [0.3, 0.4) is 0 Å². The molecule has 5 aromatic rings. The highest BCUT2D eigenvalue weighted by Gasteiger charge is 2.45. The van der Waals surface area contributed by atoms with E-state index in [2.05, 4.69) is 29.8 Å². The van der Waals surface area contributed by atoms with Crippen LogP contribution in [0.1, 0.15) is 91.0 Å². The zero-order valence-corrected chi connectivity index (χ0v) is 33.5. The van der Waals surface area contributed by atoms with E-state index in [9.17, 15) is 19.2 Å². The number of nitrogens with zero attached hydrogens (tertiary/aromatic N) is 7. The monoisotopic (exact) mass is 807 g/mol.